The molecular weight excluding hydrogens is 353 g/mol. The van der Waals surface area contributed by atoms with Gasteiger partial charge in [0.2, 0.25) is 10.0 Å². The van der Waals surface area contributed by atoms with E-state index in [0.29, 0.717) is 12.8 Å². The van der Waals surface area contributed by atoms with Crippen LogP contribution in [0.4, 0.5) is 5.69 Å². The van der Waals surface area contributed by atoms with Crippen LogP contribution in [0.5, 0.6) is 0 Å². The number of nitrogens with two attached hydrogens (primary N) is 1. The van der Waals surface area contributed by atoms with Crippen molar-refractivity contribution in [1.82, 2.24) is 4.72 Å². The van der Waals surface area contributed by atoms with Gasteiger partial charge in [-0.05, 0) is 18.9 Å². The van der Waals surface area contributed by atoms with Crippen LogP contribution in [0.15, 0.2) is 23.1 Å². The first-order chi connectivity index (χ1) is 9.65. The summed E-state index contributed by atoms with van der Waals surface area (Å²) in [5, 5.41) is 10.4. The van der Waals surface area contributed by atoms with Gasteiger partial charge in [0.25, 0.3) is 5.69 Å². The maximum absolute atomic E-state index is 12.2. The minimum atomic E-state index is -3.87. The molecule has 0 aromatic heterocycles. The van der Waals surface area contributed by atoms with Gasteiger partial charge in [0.15, 0.2) is 0 Å². The van der Waals surface area contributed by atoms with Crippen LogP contribution in [0.3, 0.4) is 0 Å². The molecule has 0 aliphatic carbocycles. The van der Waals surface area contributed by atoms with E-state index in [1.165, 1.54) is 0 Å². The number of benzene rings is 1. The Kier molecular flexibility index (Phi) is 7.73. The molecule has 0 saturated carbocycles. The second kappa shape index (κ2) is 8.07. The molecule has 0 aliphatic heterocycles. The van der Waals surface area contributed by atoms with E-state index < -0.39 is 20.5 Å². The summed E-state index contributed by atoms with van der Waals surface area (Å²) >= 11 is 5.82. The average molecular weight is 372 g/mol. The topological polar surface area (TPSA) is 115 Å². The predicted octanol–water partition coefficient (Wildman–Crippen LogP) is 2.47. The Balaban J connectivity index is 0.00000441. The smallest absolute Gasteiger partial charge is 0.271 e. The lowest BCUT2D eigenvalue weighted by Gasteiger charge is -2.26. The molecular formula is C12H19Cl2N3O4S. The number of hydrogen-bond donors (Lipinski definition) is 2. The highest BCUT2D eigenvalue weighted by Crippen LogP contribution is 2.26. The molecule has 0 bridgehead atoms. The summed E-state index contributed by atoms with van der Waals surface area (Å²) in [5.41, 5.74) is 5.13. The highest BCUT2D eigenvalue weighted by molar-refractivity contribution is 7.89. The van der Waals surface area contributed by atoms with Crippen molar-refractivity contribution in [3.8, 4) is 0 Å². The van der Waals surface area contributed by atoms with Crippen LogP contribution < -0.4 is 10.5 Å². The van der Waals surface area contributed by atoms with E-state index in [2.05, 4.69) is 4.72 Å². The molecule has 1 rings (SSSR count). The van der Waals surface area contributed by atoms with E-state index >= 15 is 0 Å². The van der Waals surface area contributed by atoms with Crippen LogP contribution in [0.2, 0.25) is 5.02 Å². The van der Waals surface area contributed by atoms with Gasteiger partial charge >= 0.3 is 0 Å². The lowest BCUT2D eigenvalue weighted by Crippen LogP contribution is -2.49. The first-order valence-corrected chi connectivity index (χ1v) is 8.24. The number of nitrogens with one attached hydrogen (secondary N) is 1. The summed E-state index contributed by atoms with van der Waals surface area (Å²) in [5.74, 6) is 0. The van der Waals surface area contributed by atoms with Crippen LogP contribution in [-0.4, -0.2) is 25.4 Å². The Morgan fingerprint density at radius 3 is 2.32 bits per heavy atom. The molecule has 0 radical (unpaired) electrons. The van der Waals surface area contributed by atoms with Crippen molar-refractivity contribution in [3.05, 3.63) is 33.3 Å². The van der Waals surface area contributed by atoms with Crippen molar-refractivity contribution in [2.24, 2.45) is 5.73 Å². The first-order valence-electron chi connectivity index (χ1n) is 6.37. The summed E-state index contributed by atoms with van der Waals surface area (Å²) < 4.78 is 26.8. The molecule has 22 heavy (non-hydrogen) atoms. The van der Waals surface area contributed by atoms with E-state index in [0.717, 1.165) is 18.2 Å². The third-order valence-electron chi connectivity index (χ3n) is 3.44. The molecule has 0 heterocycles. The fourth-order valence-electron chi connectivity index (χ4n) is 1.64. The largest absolute Gasteiger partial charge is 0.324 e. The SMILES string of the molecule is CCC(N)(CC)CNS(=O)(=O)c1ccc([N+](=O)[O-])cc1Cl.Cl. The Hall–Kier alpha value is -0.930. The lowest BCUT2D eigenvalue weighted by atomic mass is 9.95. The van der Waals surface area contributed by atoms with Gasteiger partial charge in [0.1, 0.15) is 4.90 Å². The van der Waals surface area contributed by atoms with Gasteiger partial charge in [-0.25, -0.2) is 13.1 Å². The number of non-ortho nitro benzene ring substituents is 1. The molecule has 7 nitrogen and oxygen atoms in total. The van der Waals surface area contributed by atoms with E-state index in [1.54, 1.807) is 0 Å². The monoisotopic (exact) mass is 371 g/mol. The fourth-order valence-corrected chi connectivity index (χ4v) is 3.31. The molecule has 0 spiro atoms. The van der Waals surface area contributed by atoms with Gasteiger partial charge in [-0.15, -0.1) is 12.4 Å². The molecule has 3 N–H and O–H groups in total. The first kappa shape index (κ1) is 21.1. The molecule has 0 atom stereocenters. The molecule has 0 unspecified atom stereocenters. The maximum Gasteiger partial charge on any atom is 0.271 e. The highest BCUT2D eigenvalue weighted by atomic mass is 35.5. The Labute approximate surface area is 140 Å². The standard InChI is InChI=1S/C12H18ClN3O4S.ClH/c1-3-12(14,4-2)8-15-21(19,20)11-6-5-9(16(17)18)7-10(11)13;/h5-7,15H,3-4,8,14H2,1-2H3;1H. The second-order valence-electron chi connectivity index (χ2n) is 4.77. The van der Waals surface area contributed by atoms with Crippen molar-refractivity contribution in [1.29, 1.82) is 0 Å². The van der Waals surface area contributed by atoms with Crippen LogP contribution in [0.25, 0.3) is 0 Å². The van der Waals surface area contributed by atoms with Gasteiger partial charge in [0, 0.05) is 24.2 Å². The summed E-state index contributed by atoms with van der Waals surface area (Å²) in [6.45, 7) is 3.81. The van der Waals surface area contributed by atoms with Crippen LogP contribution in [0.1, 0.15) is 26.7 Å². The second-order valence-corrected chi connectivity index (χ2v) is 6.91. The Morgan fingerprint density at radius 2 is 1.91 bits per heavy atom. The number of nitro groups is 1. The van der Waals surface area contributed by atoms with E-state index in [1.807, 2.05) is 13.8 Å². The molecule has 1 aromatic carbocycles. The Bertz CT molecular complexity index is 633. The number of nitro benzene ring substituents is 1. The van der Waals surface area contributed by atoms with E-state index in [-0.39, 0.29) is 34.6 Å². The summed E-state index contributed by atoms with van der Waals surface area (Å²) in [7, 11) is -3.87. The van der Waals surface area contributed by atoms with Gasteiger partial charge in [-0.1, -0.05) is 25.4 Å². The van der Waals surface area contributed by atoms with Crippen LogP contribution in [0, 0.1) is 10.1 Å². The zero-order valence-corrected chi connectivity index (χ0v) is 14.6. The van der Waals surface area contributed by atoms with Crippen molar-refractivity contribution < 1.29 is 13.3 Å². The zero-order chi connectivity index (χ0) is 16.3. The normalized spacial score (nSPS) is 11.8. The van der Waals surface area contributed by atoms with E-state index in [9.17, 15) is 18.5 Å². The Morgan fingerprint density at radius 1 is 1.36 bits per heavy atom. The summed E-state index contributed by atoms with van der Waals surface area (Å²) in [4.78, 5) is 9.77. The molecule has 1 aromatic rings. The zero-order valence-electron chi connectivity index (χ0n) is 12.2. The van der Waals surface area contributed by atoms with Gasteiger partial charge in [0.05, 0.1) is 9.95 Å². The molecule has 0 amide bonds. The van der Waals surface area contributed by atoms with Crippen molar-refractivity contribution in [2.75, 3.05) is 6.54 Å². The summed E-state index contributed by atoms with van der Waals surface area (Å²) in [6.07, 6.45) is 1.22. The van der Waals surface area contributed by atoms with Crippen molar-refractivity contribution in [2.45, 2.75) is 37.1 Å². The van der Waals surface area contributed by atoms with E-state index in [4.69, 9.17) is 17.3 Å². The van der Waals surface area contributed by atoms with Crippen molar-refractivity contribution >= 4 is 39.7 Å². The van der Waals surface area contributed by atoms with Gasteiger partial charge in [-0.2, -0.15) is 0 Å². The van der Waals surface area contributed by atoms with Crippen LogP contribution >= 0.6 is 24.0 Å². The third-order valence-corrected chi connectivity index (χ3v) is 5.32. The molecule has 126 valence electrons. The number of rotatable bonds is 7. The minimum Gasteiger partial charge on any atom is -0.324 e. The fraction of sp³-hybridized carbons (Fsp3) is 0.500. The lowest BCUT2D eigenvalue weighted by molar-refractivity contribution is -0.384. The number of nitrogens with zero attached hydrogens (tertiary/aromatic N) is 1. The molecule has 0 aliphatic rings. The summed E-state index contributed by atoms with van der Waals surface area (Å²) in [6, 6.07) is 3.21. The minimum absolute atomic E-state index is 0. The quantitative estimate of drug-likeness (QED) is 0.564. The predicted molar refractivity (Wildman–Crippen MR) is 88.0 cm³/mol. The maximum atomic E-state index is 12.2. The molecule has 10 heteroatoms. The number of sulfonamides is 1. The number of hydrogen-bond acceptors (Lipinski definition) is 5. The van der Waals surface area contributed by atoms with Gasteiger partial charge < -0.3 is 5.73 Å². The number of halogens is 2. The van der Waals surface area contributed by atoms with Gasteiger partial charge in [-0.3, -0.25) is 10.1 Å². The average Bonchev–Trinajstić information content (AvgIpc) is 2.44. The third kappa shape index (κ3) is 5.06. The van der Waals surface area contributed by atoms with Crippen LogP contribution in [-0.2, 0) is 10.0 Å². The highest BCUT2D eigenvalue weighted by Gasteiger charge is 2.26. The molecule has 0 fully saturated rings. The molecule has 0 saturated heterocycles. The van der Waals surface area contributed by atoms with Crippen molar-refractivity contribution in [3.63, 3.8) is 0 Å².